The van der Waals surface area contributed by atoms with Crippen molar-refractivity contribution in [1.82, 2.24) is 0 Å². The van der Waals surface area contributed by atoms with Gasteiger partial charge in [0.2, 0.25) is 0 Å². The van der Waals surface area contributed by atoms with Gasteiger partial charge in [0.05, 0.1) is 19.9 Å². The summed E-state index contributed by atoms with van der Waals surface area (Å²) in [5, 5.41) is 0. The fourth-order valence-electron chi connectivity index (χ4n) is 2.22. The third-order valence-corrected chi connectivity index (χ3v) is 3.57. The highest BCUT2D eigenvalue weighted by atomic mass is 19.1. The van der Waals surface area contributed by atoms with E-state index in [1.807, 2.05) is 0 Å². The van der Waals surface area contributed by atoms with Crippen LogP contribution in [0.5, 0.6) is 11.5 Å². The number of methoxy groups -OCH3 is 2. The first-order valence-electron chi connectivity index (χ1n) is 6.74. The number of nitrogen functional groups attached to an aromatic ring is 1. The van der Waals surface area contributed by atoms with E-state index in [-0.39, 0.29) is 27.9 Å². The van der Waals surface area contributed by atoms with Gasteiger partial charge in [-0.1, -0.05) is 0 Å². The minimum absolute atomic E-state index is 0.0636. The smallest absolute Gasteiger partial charge is 0.193 e. The quantitative estimate of drug-likeness (QED) is 0.521. The average Bonchev–Trinajstić information content (AvgIpc) is 2.58. The van der Waals surface area contributed by atoms with Crippen LogP contribution in [0.15, 0.2) is 24.3 Å². The van der Waals surface area contributed by atoms with E-state index in [2.05, 4.69) is 0 Å². The molecule has 0 fully saturated rings. The zero-order valence-corrected chi connectivity index (χ0v) is 13.0. The van der Waals surface area contributed by atoms with Crippen molar-refractivity contribution in [3.05, 3.63) is 52.3 Å². The molecule has 0 aliphatic rings. The third-order valence-electron chi connectivity index (χ3n) is 3.57. The van der Waals surface area contributed by atoms with Crippen LogP contribution in [0.2, 0.25) is 0 Å². The van der Waals surface area contributed by atoms with E-state index in [4.69, 9.17) is 15.2 Å². The van der Waals surface area contributed by atoms with Gasteiger partial charge in [0.1, 0.15) is 17.3 Å². The molecule has 120 valence electrons. The van der Waals surface area contributed by atoms with Crippen molar-refractivity contribution in [2.24, 2.45) is 0 Å². The second-order valence-electron chi connectivity index (χ2n) is 4.91. The molecule has 0 atom stereocenters. The first kappa shape index (κ1) is 16.5. The normalized spacial score (nSPS) is 10.3. The number of carbonyl (C=O) groups is 2. The van der Waals surface area contributed by atoms with E-state index in [1.165, 1.54) is 39.3 Å². The summed E-state index contributed by atoms with van der Waals surface area (Å²) in [6, 6.07) is 5.93. The number of anilines is 1. The Bertz CT molecular complexity index is 764. The van der Waals surface area contributed by atoms with E-state index in [1.54, 1.807) is 6.07 Å². The zero-order valence-electron chi connectivity index (χ0n) is 13.0. The molecule has 5 nitrogen and oxygen atoms in total. The molecule has 0 radical (unpaired) electrons. The van der Waals surface area contributed by atoms with Gasteiger partial charge in [-0.15, -0.1) is 0 Å². The number of nitrogens with two attached hydrogens (primary N) is 1. The summed E-state index contributed by atoms with van der Waals surface area (Å²) in [5.74, 6) is -0.372. The van der Waals surface area contributed by atoms with Crippen LogP contribution in [0, 0.1) is 12.7 Å². The predicted molar refractivity (Wildman–Crippen MR) is 83.9 cm³/mol. The Morgan fingerprint density at radius 3 is 2.17 bits per heavy atom. The number of aldehydes is 1. The maximum atomic E-state index is 14.1. The molecule has 2 aromatic rings. The van der Waals surface area contributed by atoms with Gasteiger partial charge >= 0.3 is 0 Å². The van der Waals surface area contributed by atoms with Gasteiger partial charge in [-0.05, 0) is 30.7 Å². The topological polar surface area (TPSA) is 78.6 Å². The molecule has 6 heteroatoms. The highest BCUT2D eigenvalue weighted by Gasteiger charge is 2.20. The summed E-state index contributed by atoms with van der Waals surface area (Å²) in [6.45, 7) is 1.44. The van der Waals surface area contributed by atoms with Crippen LogP contribution >= 0.6 is 0 Å². The molecule has 23 heavy (non-hydrogen) atoms. The van der Waals surface area contributed by atoms with Gasteiger partial charge in [0.25, 0.3) is 0 Å². The van der Waals surface area contributed by atoms with Crippen LogP contribution in [0.1, 0.15) is 31.8 Å². The summed E-state index contributed by atoms with van der Waals surface area (Å²) in [4.78, 5) is 23.7. The Kier molecular flexibility index (Phi) is 4.64. The monoisotopic (exact) mass is 317 g/mol. The van der Waals surface area contributed by atoms with Crippen LogP contribution in [-0.4, -0.2) is 26.3 Å². The van der Waals surface area contributed by atoms with Crippen LogP contribution < -0.4 is 15.2 Å². The Labute approximate surface area is 132 Å². The van der Waals surface area contributed by atoms with Gasteiger partial charge in [0, 0.05) is 22.8 Å². The van der Waals surface area contributed by atoms with Crippen LogP contribution in [0.4, 0.5) is 10.1 Å². The maximum Gasteiger partial charge on any atom is 0.193 e. The molecule has 0 spiro atoms. The first-order valence-corrected chi connectivity index (χ1v) is 6.74. The standard InChI is InChI=1S/C17H16FNO4/c1-9-14(6-11(8-20)16(19)15(9)18)17(21)10-4-12(22-2)7-13(5-10)23-3/h4-8H,19H2,1-3H3. The van der Waals surface area contributed by atoms with E-state index >= 15 is 0 Å². The summed E-state index contributed by atoms with van der Waals surface area (Å²) in [5.41, 5.74) is 5.61. The van der Waals surface area contributed by atoms with Crippen molar-refractivity contribution in [1.29, 1.82) is 0 Å². The van der Waals surface area contributed by atoms with Crippen LogP contribution in [-0.2, 0) is 0 Å². The zero-order chi connectivity index (χ0) is 17.1. The Hall–Kier alpha value is -2.89. The number of ether oxygens (including phenoxy) is 2. The molecule has 0 amide bonds. The van der Waals surface area contributed by atoms with E-state index in [9.17, 15) is 14.0 Å². The molecule has 0 saturated heterocycles. The summed E-state index contributed by atoms with van der Waals surface area (Å²) >= 11 is 0. The first-order chi connectivity index (χ1) is 10.9. The Morgan fingerprint density at radius 1 is 1.13 bits per heavy atom. The van der Waals surface area contributed by atoms with Crippen LogP contribution in [0.25, 0.3) is 0 Å². The molecular weight excluding hydrogens is 301 g/mol. The van der Waals surface area contributed by atoms with Crippen molar-refractivity contribution in [2.45, 2.75) is 6.92 Å². The summed E-state index contributed by atoms with van der Waals surface area (Å²) < 4.78 is 24.4. The summed E-state index contributed by atoms with van der Waals surface area (Å²) in [7, 11) is 2.92. The molecule has 0 bridgehead atoms. The number of rotatable bonds is 5. The van der Waals surface area contributed by atoms with Crippen molar-refractivity contribution < 1.29 is 23.5 Å². The number of ketones is 1. The molecule has 0 aromatic heterocycles. The number of hydrogen-bond donors (Lipinski definition) is 1. The fourth-order valence-corrected chi connectivity index (χ4v) is 2.22. The van der Waals surface area contributed by atoms with E-state index in [0.717, 1.165) is 0 Å². The van der Waals surface area contributed by atoms with Crippen molar-refractivity contribution in [3.8, 4) is 11.5 Å². The largest absolute Gasteiger partial charge is 0.497 e. The number of carbonyl (C=O) groups excluding carboxylic acids is 2. The highest BCUT2D eigenvalue weighted by Crippen LogP contribution is 2.28. The second-order valence-corrected chi connectivity index (χ2v) is 4.91. The van der Waals surface area contributed by atoms with E-state index in [0.29, 0.717) is 17.8 Å². The van der Waals surface area contributed by atoms with E-state index < -0.39 is 11.6 Å². The predicted octanol–water partition coefficient (Wildman–Crippen LogP) is 2.78. The van der Waals surface area contributed by atoms with Gasteiger partial charge < -0.3 is 15.2 Å². The number of benzene rings is 2. The van der Waals surface area contributed by atoms with Gasteiger partial charge in [-0.25, -0.2) is 4.39 Å². The SMILES string of the molecule is COc1cc(OC)cc(C(=O)c2cc(C=O)c(N)c(F)c2C)c1. The maximum absolute atomic E-state index is 14.1. The second kappa shape index (κ2) is 6.48. The van der Waals surface area contributed by atoms with Gasteiger partial charge in [0.15, 0.2) is 12.1 Å². The Balaban J connectivity index is 2.61. The molecule has 0 aliphatic heterocycles. The molecule has 2 rings (SSSR count). The van der Waals surface area contributed by atoms with Crippen molar-refractivity contribution >= 4 is 17.8 Å². The van der Waals surface area contributed by atoms with Gasteiger partial charge in [-0.3, -0.25) is 9.59 Å². The lowest BCUT2D eigenvalue weighted by molar-refractivity contribution is 0.103. The minimum Gasteiger partial charge on any atom is -0.497 e. The lowest BCUT2D eigenvalue weighted by Gasteiger charge is -2.12. The lowest BCUT2D eigenvalue weighted by Crippen LogP contribution is -2.10. The van der Waals surface area contributed by atoms with Crippen molar-refractivity contribution in [2.75, 3.05) is 20.0 Å². The average molecular weight is 317 g/mol. The van der Waals surface area contributed by atoms with Crippen LogP contribution in [0.3, 0.4) is 0 Å². The molecule has 0 heterocycles. The Morgan fingerprint density at radius 2 is 1.70 bits per heavy atom. The minimum atomic E-state index is -0.771. The molecule has 0 saturated carbocycles. The van der Waals surface area contributed by atoms with Crippen molar-refractivity contribution in [3.63, 3.8) is 0 Å². The fraction of sp³-hybridized carbons (Fsp3) is 0.176. The molecule has 0 aliphatic carbocycles. The molecule has 2 N–H and O–H groups in total. The molecule has 2 aromatic carbocycles. The molecule has 0 unspecified atom stereocenters. The lowest BCUT2D eigenvalue weighted by atomic mass is 9.95. The third kappa shape index (κ3) is 3.01. The number of halogens is 1. The van der Waals surface area contributed by atoms with Gasteiger partial charge in [-0.2, -0.15) is 0 Å². The summed E-state index contributed by atoms with van der Waals surface area (Å²) in [6.07, 6.45) is 0.417. The number of hydrogen-bond acceptors (Lipinski definition) is 5. The highest BCUT2D eigenvalue weighted by molar-refractivity contribution is 6.11. The molecular formula is C17H16FNO4.